The molecular weight excluding hydrogens is 272 g/mol. The lowest BCUT2D eigenvalue weighted by Gasteiger charge is -2.07. The van der Waals surface area contributed by atoms with Crippen LogP contribution in [0.5, 0.6) is 0 Å². The molecule has 104 valence electrons. The van der Waals surface area contributed by atoms with E-state index < -0.39 is 16.9 Å². The van der Waals surface area contributed by atoms with Crippen molar-refractivity contribution in [3.05, 3.63) is 38.9 Å². The van der Waals surface area contributed by atoms with Gasteiger partial charge in [0.1, 0.15) is 0 Å². The second-order valence-electron chi connectivity index (χ2n) is 4.20. The summed E-state index contributed by atoms with van der Waals surface area (Å²) in [5.74, 6) is -0.420. The Morgan fingerprint density at radius 2 is 2.21 bits per heavy atom. The van der Waals surface area contributed by atoms with Gasteiger partial charge in [0.25, 0.3) is 11.6 Å². The molecule has 1 amide bonds. The molecule has 0 fully saturated rings. The molecule has 1 unspecified atom stereocenters. The topological polar surface area (TPSA) is 92.5 Å². The van der Waals surface area contributed by atoms with Crippen LogP contribution in [-0.2, 0) is 0 Å². The van der Waals surface area contributed by atoms with Gasteiger partial charge >= 0.3 is 0 Å². The van der Waals surface area contributed by atoms with Crippen molar-refractivity contribution >= 4 is 23.2 Å². The van der Waals surface area contributed by atoms with E-state index in [1.807, 2.05) is 0 Å². The third-order valence-electron chi connectivity index (χ3n) is 2.44. The zero-order valence-electron chi connectivity index (χ0n) is 10.4. The first kappa shape index (κ1) is 15.4. The standard InChI is InChI=1S/C12H15ClN2O4/c1-8(16)3-2-4-14-12(17)9-5-10(13)7-11(6-9)15(18)19/h5-8,16H,2-4H2,1H3,(H,14,17). The van der Waals surface area contributed by atoms with E-state index in [1.165, 1.54) is 18.2 Å². The van der Waals surface area contributed by atoms with E-state index in [0.29, 0.717) is 19.4 Å². The van der Waals surface area contributed by atoms with Crippen molar-refractivity contribution in [3.63, 3.8) is 0 Å². The van der Waals surface area contributed by atoms with Crippen LogP contribution in [0.15, 0.2) is 18.2 Å². The first-order valence-electron chi connectivity index (χ1n) is 5.81. The molecule has 0 aliphatic rings. The minimum atomic E-state index is -0.601. The molecule has 0 heterocycles. The average molecular weight is 287 g/mol. The minimum Gasteiger partial charge on any atom is -0.393 e. The molecule has 0 saturated carbocycles. The van der Waals surface area contributed by atoms with Gasteiger partial charge in [-0.25, -0.2) is 0 Å². The number of hydrogen-bond acceptors (Lipinski definition) is 4. The lowest BCUT2D eigenvalue weighted by Crippen LogP contribution is -2.25. The summed E-state index contributed by atoms with van der Waals surface area (Å²) in [6.45, 7) is 2.06. The lowest BCUT2D eigenvalue weighted by atomic mass is 10.1. The number of nitrogens with one attached hydrogen (secondary N) is 1. The number of hydrogen-bond donors (Lipinski definition) is 2. The van der Waals surface area contributed by atoms with E-state index in [0.717, 1.165) is 0 Å². The molecule has 1 aromatic carbocycles. The zero-order chi connectivity index (χ0) is 14.4. The number of benzene rings is 1. The molecule has 19 heavy (non-hydrogen) atoms. The van der Waals surface area contributed by atoms with Gasteiger partial charge in [-0.15, -0.1) is 0 Å². The first-order valence-corrected chi connectivity index (χ1v) is 6.19. The maximum absolute atomic E-state index is 11.8. The number of nitrogens with zero attached hydrogens (tertiary/aromatic N) is 1. The van der Waals surface area contributed by atoms with Crippen LogP contribution >= 0.6 is 11.6 Å². The second kappa shape index (κ2) is 7.06. The van der Waals surface area contributed by atoms with Crippen LogP contribution in [0.4, 0.5) is 5.69 Å². The largest absolute Gasteiger partial charge is 0.393 e. The van der Waals surface area contributed by atoms with Crippen molar-refractivity contribution in [2.75, 3.05) is 6.54 Å². The van der Waals surface area contributed by atoms with E-state index in [4.69, 9.17) is 16.7 Å². The number of halogens is 1. The Bertz CT molecular complexity index is 477. The Labute approximate surface area is 115 Å². The summed E-state index contributed by atoms with van der Waals surface area (Å²) in [6.07, 6.45) is 0.798. The van der Waals surface area contributed by atoms with Crippen molar-refractivity contribution in [2.45, 2.75) is 25.9 Å². The number of nitro benzene ring substituents is 1. The van der Waals surface area contributed by atoms with E-state index in [-0.39, 0.29) is 16.3 Å². The average Bonchev–Trinajstić information content (AvgIpc) is 2.33. The van der Waals surface area contributed by atoms with Crippen LogP contribution in [0.1, 0.15) is 30.1 Å². The van der Waals surface area contributed by atoms with Gasteiger partial charge in [0.2, 0.25) is 0 Å². The van der Waals surface area contributed by atoms with E-state index in [2.05, 4.69) is 5.32 Å². The molecule has 1 rings (SSSR count). The highest BCUT2D eigenvalue weighted by Gasteiger charge is 2.13. The highest BCUT2D eigenvalue weighted by Crippen LogP contribution is 2.20. The third kappa shape index (κ3) is 5.23. The quantitative estimate of drug-likeness (QED) is 0.476. The molecule has 6 nitrogen and oxygen atoms in total. The van der Waals surface area contributed by atoms with Crippen molar-refractivity contribution in [2.24, 2.45) is 0 Å². The van der Waals surface area contributed by atoms with Crippen LogP contribution in [0.25, 0.3) is 0 Å². The maximum Gasteiger partial charge on any atom is 0.271 e. The first-order chi connectivity index (χ1) is 8.90. The molecule has 0 saturated heterocycles. The monoisotopic (exact) mass is 286 g/mol. The Morgan fingerprint density at radius 3 is 2.79 bits per heavy atom. The molecule has 0 aromatic heterocycles. The molecule has 0 bridgehead atoms. The number of amides is 1. The molecule has 2 N–H and O–H groups in total. The Kier molecular flexibility index (Phi) is 5.72. The highest BCUT2D eigenvalue weighted by atomic mass is 35.5. The van der Waals surface area contributed by atoms with Gasteiger partial charge < -0.3 is 10.4 Å². The lowest BCUT2D eigenvalue weighted by molar-refractivity contribution is -0.384. The molecular formula is C12H15ClN2O4. The van der Waals surface area contributed by atoms with Gasteiger partial charge in [0, 0.05) is 29.3 Å². The molecule has 1 aromatic rings. The summed E-state index contributed by atoms with van der Waals surface area (Å²) < 4.78 is 0. The molecule has 1 atom stereocenters. The smallest absolute Gasteiger partial charge is 0.271 e. The van der Waals surface area contributed by atoms with Crippen molar-refractivity contribution in [3.8, 4) is 0 Å². The van der Waals surface area contributed by atoms with Crippen molar-refractivity contribution in [1.29, 1.82) is 0 Å². The normalized spacial score (nSPS) is 11.9. The van der Waals surface area contributed by atoms with Crippen molar-refractivity contribution < 1.29 is 14.8 Å². The highest BCUT2D eigenvalue weighted by molar-refractivity contribution is 6.31. The summed E-state index contributed by atoms with van der Waals surface area (Å²) in [6, 6.07) is 3.74. The maximum atomic E-state index is 11.8. The van der Waals surface area contributed by atoms with E-state index in [1.54, 1.807) is 6.92 Å². The molecule has 7 heteroatoms. The predicted molar refractivity (Wildman–Crippen MR) is 71.4 cm³/mol. The van der Waals surface area contributed by atoms with Crippen LogP contribution in [0, 0.1) is 10.1 Å². The summed E-state index contributed by atoms with van der Waals surface area (Å²) >= 11 is 5.72. The molecule has 0 aliphatic heterocycles. The molecule has 0 spiro atoms. The number of aliphatic hydroxyl groups excluding tert-OH is 1. The number of non-ortho nitro benzene ring substituents is 1. The van der Waals surface area contributed by atoms with Crippen LogP contribution in [0.2, 0.25) is 5.02 Å². The van der Waals surface area contributed by atoms with E-state index >= 15 is 0 Å². The van der Waals surface area contributed by atoms with Crippen LogP contribution in [0.3, 0.4) is 0 Å². The summed E-state index contributed by atoms with van der Waals surface area (Å²) in [5.41, 5.74) is -0.0714. The van der Waals surface area contributed by atoms with E-state index in [9.17, 15) is 14.9 Å². The fourth-order valence-electron chi connectivity index (χ4n) is 1.51. The van der Waals surface area contributed by atoms with Gasteiger partial charge in [-0.1, -0.05) is 11.6 Å². The summed E-state index contributed by atoms with van der Waals surface area (Å²) in [4.78, 5) is 21.8. The fraction of sp³-hybridized carbons (Fsp3) is 0.417. The number of aliphatic hydroxyl groups is 1. The SMILES string of the molecule is CC(O)CCCNC(=O)c1cc(Cl)cc([N+](=O)[O-])c1. The Hall–Kier alpha value is -1.66. The van der Waals surface area contributed by atoms with Gasteiger partial charge in [-0.05, 0) is 25.8 Å². The number of rotatable bonds is 6. The van der Waals surface area contributed by atoms with Crippen molar-refractivity contribution in [1.82, 2.24) is 5.32 Å². The third-order valence-corrected chi connectivity index (χ3v) is 2.66. The Balaban J connectivity index is 2.64. The van der Waals surface area contributed by atoms with Gasteiger partial charge in [0.05, 0.1) is 11.0 Å². The van der Waals surface area contributed by atoms with Crippen LogP contribution in [-0.4, -0.2) is 28.6 Å². The number of carbonyl (C=O) groups excluding carboxylic acids is 1. The van der Waals surface area contributed by atoms with Gasteiger partial charge in [-0.3, -0.25) is 14.9 Å². The minimum absolute atomic E-state index is 0.142. The predicted octanol–water partition coefficient (Wildman–Crippen LogP) is 2.14. The molecule has 0 radical (unpaired) electrons. The summed E-state index contributed by atoms with van der Waals surface area (Å²) in [7, 11) is 0. The number of nitro groups is 1. The van der Waals surface area contributed by atoms with Crippen LogP contribution < -0.4 is 5.32 Å². The zero-order valence-corrected chi connectivity index (χ0v) is 11.2. The van der Waals surface area contributed by atoms with Gasteiger partial charge in [0.15, 0.2) is 0 Å². The van der Waals surface area contributed by atoms with Gasteiger partial charge in [-0.2, -0.15) is 0 Å². The fourth-order valence-corrected chi connectivity index (χ4v) is 1.74. The Morgan fingerprint density at radius 1 is 1.53 bits per heavy atom. The molecule has 0 aliphatic carbocycles. The summed E-state index contributed by atoms with van der Waals surface area (Å²) in [5, 5.41) is 22.5. The second-order valence-corrected chi connectivity index (χ2v) is 4.64. The number of carbonyl (C=O) groups is 1.